The van der Waals surface area contributed by atoms with Crippen molar-refractivity contribution in [3.05, 3.63) is 0 Å². The first kappa shape index (κ1) is 8.85. The lowest BCUT2D eigenvalue weighted by Crippen LogP contribution is -2.07. The Balaban J connectivity index is 0.000000640. The van der Waals surface area contributed by atoms with Gasteiger partial charge in [0.15, 0.2) is 5.66 Å². The van der Waals surface area contributed by atoms with E-state index in [2.05, 4.69) is 10.2 Å². The largest absolute Gasteiger partial charge is 0.330 e. The van der Waals surface area contributed by atoms with Crippen LogP contribution in [0, 0.1) is 0 Å². The normalized spacial score (nSPS) is 18.9. The van der Waals surface area contributed by atoms with Crippen LogP contribution in [0.25, 0.3) is 0 Å². The second kappa shape index (κ2) is 3.13. The maximum absolute atomic E-state index is 5.28. The molecule has 0 amide bonds. The summed E-state index contributed by atoms with van der Waals surface area (Å²) < 4.78 is 0. The van der Waals surface area contributed by atoms with Crippen molar-refractivity contribution in [1.82, 2.24) is 0 Å². The first-order valence-corrected chi connectivity index (χ1v) is 2.91. The smallest absolute Gasteiger partial charge is 0.188 e. The highest BCUT2D eigenvalue weighted by molar-refractivity contribution is 5.85. The second-order valence-corrected chi connectivity index (χ2v) is 2.31. The molecule has 0 bridgehead atoms. The van der Waals surface area contributed by atoms with Crippen LogP contribution < -0.4 is 5.73 Å². The lowest BCUT2D eigenvalue weighted by molar-refractivity contribution is 0.573. The fourth-order valence-electron chi connectivity index (χ4n) is 0.622. The number of rotatable bonds is 3. The zero-order valence-corrected chi connectivity index (χ0v) is 6.32. The first-order valence-electron chi connectivity index (χ1n) is 2.91. The van der Waals surface area contributed by atoms with Crippen molar-refractivity contribution < 1.29 is 0 Å². The number of nitrogens with two attached hydrogens (primary N) is 1. The third kappa shape index (κ3) is 2.77. The van der Waals surface area contributed by atoms with Crippen LogP contribution in [0.15, 0.2) is 10.2 Å². The van der Waals surface area contributed by atoms with Crippen LogP contribution >= 0.6 is 12.4 Å². The molecule has 4 heteroatoms. The Labute approximate surface area is 61.1 Å². The Hall–Kier alpha value is -0.150. The van der Waals surface area contributed by atoms with E-state index in [1.807, 2.05) is 6.92 Å². The lowest BCUT2D eigenvalue weighted by Gasteiger charge is -1.98. The molecule has 1 aliphatic rings. The Morgan fingerprint density at radius 1 is 1.44 bits per heavy atom. The Morgan fingerprint density at radius 2 is 2.00 bits per heavy atom. The standard InChI is InChI=1S/C5H11N3.ClH/c1-5(7-8-5)3-2-4-6;/h2-4,6H2,1H3;1H. The summed E-state index contributed by atoms with van der Waals surface area (Å²) in [6, 6.07) is 0. The number of nitrogens with zero attached hydrogens (tertiary/aromatic N) is 2. The molecule has 3 nitrogen and oxygen atoms in total. The molecule has 0 unspecified atom stereocenters. The lowest BCUT2D eigenvalue weighted by atomic mass is 10.1. The molecule has 54 valence electrons. The summed E-state index contributed by atoms with van der Waals surface area (Å²) in [7, 11) is 0. The second-order valence-electron chi connectivity index (χ2n) is 2.31. The Kier molecular flexibility index (Phi) is 3.08. The van der Waals surface area contributed by atoms with Crippen molar-refractivity contribution in [3.63, 3.8) is 0 Å². The third-order valence-corrected chi connectivity index (χ3v) is 1.30. The zero-order chi connectivity index (χ0) is 6.04. The van der Waals surface area contributed by atoms with Crippen LogP contribution in [0.2, 0.25) is 0 Å². The minimum absolute atomic E-state index is 0. The molecule has 0 spiro atoms. The summed E-state index contributed by atoms with van der Waals surface area (Å²) in [5, 5.41) is 7.68. The van der Waals surface area contributed by atoms with Crippen LogP contribution in [-0.4, -0.2) is 12.2 Å². The monoisotopic (exact) mass is 149 g/mol. The van der Waals surface area contributed by atoms with Crippen molar-refractivity contribution in [3.8, 4) is 0 Å². The van der Waals surface area contributed by atoms with Gasteiger partial charge in [-0.2, -0.15) is 10.2 Å². The van der Waals surface area contributed by atoms with E-state index >= 15 is 0 Å². The van der Waals surface area contributed by atoms with Gasteiger partial charge in [0.25, 0.3) is 0 Å². The molecule has 0 atom stereocenters. The molecule has 0 saturated heterocycles. The van der Waals surface area contributed by atoms with Gasteiger partial charge in [-0.3, -0.25) is 0 Å². The first-order chi connectivity index (χ1) is 3.77. The van der Waals surface area contributed by atoms with Gasteiger partial charge in [0.1, 0.15) is 0 Å². The molecule has 0 aromatic carbocycles. The predicted molar refractivity (Wildman–Crippen MR) is 38.8 cm³/mol. The van der Waals surface area contributed by atoms with Crippen LogP contribution in [0.3, 0.4) is 0 Å². The summed E-state index contributed by atoms with van der Waals surface area (Å²) in [5.74, 6) is 0. The van der Waals surface area contributed by atoms with Crippen molar-refractivity contribution >= 4 is 12.4 Å². The van der Waals surface area contributed by atoms with E-state index in [4.69, 9.17) is 5.73 Å². The molecule has 0 aromatic rings. The average Bonchev–Trinajstić information content (AvgIpc) is 2.45. The van der Waals surface area contributed by atoms with E-state index in [0.717, 1.165) is 19.4 Å². The third-order valence-electron chi connectivity index (χ3n) is 1.30. The van der Waals surface area contributed by atoms with Crippen molar-refractivity contribution in [2.45, 2.75) is 25.4 Å². The zero-order valence-electron chi connectivity index (χ0n) is 5.50. The Morgan fingerprint density at radius 3 is 2.33 bits per heavy atom. The van der Waals surface area contributed by atoms with Gasteiger partial charge < -0.3 is 5.73 Å². The molecular weight excluding hydrogens is 138 g/mol. The summed E-state index contributed by atoms with van der Waals surface area (Å²) in [6.07, 6.45) is 2.05. The van der Waals surface area contributed by atoms with Gasteiger partial charge in [-0.05, 0) is 26.3 Å². The summed E-state index contributed by atoms with van der Waals surface area (Å²) in [6.45, 7) is 2.77. The predicted octanol–water partition coefficient (Wildman–Crippen LogP) is 1.33. The maximum Gasteiger partial charge on any atom is 0.188 e. The minimum Gasteiger partial charge on any atom is -0.330 e. The van der Waals surface area contributed by atoms with E-state index in [0.29, 0.717) is 0 Å². The highest BCUT2D eigenvalue weighted by Crippen LogP contribution is 2.31. The van der Waals surface area contributed by atoms with Crippen LogP contribution in [-0.2, 0) is 0 Å². The maximum atomic E-state index is 5.28. The number of halogens is 1. The minimum atomic E-state index is -0.0284. The van der Waals surface area contributed by atoms with Gasteiger partial charge in [-0.25, -0.2) is 0 Å². The molecule has 1 heterocycles. The van der Waals surface area contributed by atoms with Crippen molar-refractivity contribution in [2.24, 2.45) is 16.0 Å². The summed E-state index contributed by atoms with van der Waals surface area (Å²) in [5.41, 5.74) is 5.25. The SMILES string of the molecule is CC1(CCCN)N=N1.Cl. The van der Waals surface area contributed by atoms with Gasteiger partial charge in [-0.15, -0.1) is 12.4 Å². The molecule has 1 aliphatic heterocycles. The Bertz CT molecular complexity index is 107. The summed E-state index contributed by atoms with van der Waals surface area (Å²) in [4.78, 5) is 0. The molecule has 9 heavy (non-hydrogen) atoms. The molecule has 2 N–H and O–H groups in total. The molecule has 0 saturated carbocycles. The van der Waals surface area contributed by atoms with Crippen LogP contribution in [0.4, 0.5) is 0 Å². The van der Waals surface area contributed by atoms with Gasteiger partial charge in [-0.1, -0.05) is 0 Å². The van der Waals surface area contributed by atoms with Crippen molar-refractivity contribution in [2.75, 3.05) is 6.54 Å². The van der Waals surface area contributed by atoms with Gasteiger partial charge in [0.2, 0.25) is 0 Å². The van der Waals surface area contributed by atoms with Gasteiger partial charge in [0, 0.05) is 0 Å². The molecular formula is C5H12ClN3. The molecule has 0 fully saturated rings. The molecule has 0 aromatic heterocycles. The fraction of sp³-hybridized carbons (Fsp3) is 1.00. The molecule has 0 radical (unpaired) electrons. The number of hydrogen-bond donors (Lipinski definition) is 1. The highest BCUT2D eigenvalue weighted by Gasteiger charge is 2.32. The highest BCUT2D eigenvalue weighted by atomic mass is 35.5. The van der Waals surface area contributed by atoms with Crippen molar-refractivity contribution in [1.29, 1.82) is 0 Å². The van der Waals surface area contributed by atoms with E-state index in [1.165, 1.54) is 0 Å². The summed E-state index contributed by atoms with van der Waals surface area (Å²) >= 11 is 0. The van der Waals surface area contributed by atoms with E-state index in [1.54, 1.807) is 0 Å². The van der Waals surface area contributed by atoms with Crippen LogP contribution in [0.1, 0.15) is 19.8 Å². The molecule has 1 rings (SSSR count). The van der Waals surface area contributed by atoms with E-state index in [9.17, 15) is 0 Å². The fourth-order valence-corrected chi connectivity index (χ4v) is 0.622. The van der Waals surface area contributed by atoms with E-state index in [-0.39, 0.29) is 18.1 Å². The quantitative estimate of drug-likeness (QED) is 0.647. The average molecular weight is 150 g/mol. The molecule has 0 aliphatic carbocycles. The van der Waals surface area contributed by atoms with Crippen LogP contribution in [0.5, 0.6) is 0 Å². The van der Waals surface area contributed by atoms with Gasteiger partial charge >= 0.3 is 0 Å². The topological polar surface area (TPSA) is 50.7 Å². The van der Waals surface area contributed by atoms with Gasteiger partial charge in [0.05, 0.1) is 0 Å². The number of hydrogen-bond acceptors (Lipinski definition) is 3. The van der Waals surface area contributed by atoms with E-state index < -0.39 is 0 Å².